The number of H-pyrrole nitrogens is 1. The minimum Gasteiger partial charge on any atom is -0.508 e. The molecular weight excluding hydrogens is 276 g/mol. The van der Waals surface area contributed by atoms with E-state index in [1.807, 2.05) is 6.07 Å². The van der Waals surface area contributed by atoms with Crippen LogP contribution in [0.15, 0.2) is 52.2 Å². The molecule has 0 fully saturated rings. The number of aromatic hydroxyl groups is 1. The Morgan fingerprint density at radius 3 is 3.00 bits per heavy atom. The van der Waals surface area contributed by atoms with Crippen molar-refractivity contribution in [1.29, 1.82) is 0 Å². The lowest BCUT2D eigenvalue weighted by atomic mass is 10.2. The third-order valence-corrected chi connectivity index (χ3v) is 2.85. The van der Waals surface area contributed by atoms with Crippen molar-refractivity contribution in [3.05, 3.63) is 53.0 Å². The molecule has 2 aromatic heterocycles. The Morgan fingerprint density at radius 1 is 1.35 bits per heavy atom. The molecule has 6 nitrogen and oxygen atoms in total. The molecule has 0 aliphatic heterocycles. The van der Waals surface area contributed by atoms with Gasteiger partial charge in [-0.2, -0.15) is 9.78 Å². The average molecular weight is 286 g/mol. The van der Waals surface area contributed by atoms with Crippen LogP contribution in [0.5, 0.6) is 5.75 Å². The Hall–Kier alpha value is -2.67. The van der Waals surface area contributed by atoms with E-state index in [4.69, 9.17) is 16.6 Å². The molecule has 0 aliphatic carbocycles. The van der Waals surface area contributed by atoms with Crippen molar-refractivity contribution < 1.29 is 9.52 Å². The quantitative estimate of drug-likeness (QED) is 0.573. The molecule has 7 heteroatoms. The lowest BCUT2D eigenvalue weighted by Crippen LogP contribution is -1.94. The minimum absolute atomic E-state index is 0.177. The van der Waals surface area contributed by atoms with Gasteiger partial charge in [0.2, 0.25) is 10.6 Å². The van der Waals surface area contributed by atoms with E-state index < -0.39 is 0 Å². The highest BCUT2D eigenvalue weighted by Gasteiger charge is 2.10. The average Bonchev–Trinajstić information content (AvgIpc) is 3.06. The van der Waals surface area contributed by atoms with Crippen LogP contribution < -0.4 is 0 Å². The predicted octanol–water partition coefficient (Wildman–Crippen LogP) is 2.79. The molecule has 2 heterocycles. The normalized spacial score (nSPS) is 11.2. The second-order valence-corrected chi connectivity index (χ2v) is 4.37. The van der Waals surface area contributed by atoms with Gasteiger partial charge >= 0.3 is 0 Å². The third kappa shape index (κ3) is 2.39. The maximum absolute atomic E-state index is 9.41. The first-order chi connectivity index (χ1) is 9.74. The fourth-order valence-corrected chi connectivity index (χ4v) is 1.87. The fraction of sp³-hybridized carbons (Fsp3) is 0. The van der Waals surface area contributed by atoms with E-state index in [1.54, 1.807) is 42.8 Å². The first-order valence-corrected chi connectivity index (χ1v) is 6.19. The van der Waals surface area contributed by atoms with Crippen LogP contribution in [0.2, 0.25) is 0 Å². The molecule has 0 amide bonds. The number of furan rings is 1. The molecule has 0 spiro atoms. The highest BCUT2D eigenvalue weighted by Crippen LogP contribution is 2.17. The van der Waals surface area contributed by atoms with Gasteiger partial charge in [-0.1, -0.05) is 12.1 Å². The number of hydrogen-bond donors (Lipinski definition) is 2. The Balaban J connectivity index is 1.99. The number of aromatic amines is 1. The van der Waals surface area contributed by atoms with Gasteiger partial charge in [0.25, 0.3) is 0 Å². The molecular formula is C13H10N4O2S. The van der Waals surface area contributed by atoms with E-state index in [0.29, 0.717) is 16.4 Å². The monoisotopic (exact) mass is 286 g/mol. The second kappa shape index (κ2) is 5.14. The predicted molar refractivity (Wildman–Crippen MR) is 76.2 cm³/mol. The number of phenols is 1. The molecule has 1 aromatic carbocycles. The van der Waals surface area contributed by atoms with Gasteiger partial charge in [0, 0.05) is 0 Å². The topological polar surface area (TPSA) is 79.3 Å². The summed E-state index contributed by atoms with van der Waals surface area (Å²) in [4.78, 5) is 0. The molecule has 0 saturated carbocycles. The molecule has 100 valence electrons. The number of aromatic nitrogens is 3. The van der Waals surface area contributed by atoms with Crippen LogP contribution in [0.25, 0.3) is 11.6 Å². The van der Waals surface area contributed by atoms with Crippen molar-refractivity contribution in [3.63, 3.8) is 0 Å². The maximum atomic E-state index is 9.41. The lowest BCUT2D eigenvalue weighted by molar-refractivity contribution is 0.475. The standard InChI is InChI=1S/C13H10N4O2S/c18-10-4-1-3-9(7-10)8-14-17-12(15-16-13(17)20)11-5-2-6-19-11/h1-8,18H,(H,16,20). The maximum Gasteiger partial charge on any atom is 0.219 e. The number of rotatable bonds is 3. The van der Waals surface area contributed by atoms with Gasteiger partial charge < -0.3 is 9.52 Å². The van der Waals surface area contributed by atoms with Gasteiger partial charge in [0.15, 0.2) is 5.76 Å². The second-order valence-electron chi connectivity index (χ2n) is 3.98. The zero-order chi connectivity index (χ0) is 13.9. The summed E-state index contributed by atoms with van der Waals surface area (Å²) in [5, 5.41) is 20.4. The summed E-state index contributed by atoms with van der Waals surface area (Å²) in [7, 11) is 0. The van der Waals surface area contributed by atoms with E-state index in [-0.39, 0.29) is 5.75 Å². The highest BCUT2D eigenvalue weighted by atomic mass is 32.1. The van der Waals surface area contributed by atoms with Gasteiger partial charge in [-0.25, -0.2) is 5.10 Å². The zero-order valence-electron chi connectivity index (χ0n) is 10.2. The molecule has 3 aromatic rings. The Kier molecular flexibility index (Phi) is 3.18. The molecule has 0 aliphatic rings. The number of hydrogen-bond acceptors (Lipinski definition) is 5. The zero-order valence-corrected chi connectivity index (χ0v) is 11.0. The van der Waals surface area contributed by atoms with Crippen molar-refractivity contribution in [2.75, 3.05) is 0 Å². The highest BCUT2D eigenvalue weighted by molar-refractivity contribution is 7.71. The number of nitrogens with zero attached hydrogens (tertiary/aromatic N) is 3. The summed E-state index contributed by atoms with van der Waals surface area (Å²) in [5.41, 5.74) is 0.749. The molecule has 0 atom stereocenters. The van der Waals surface area contributed by atoms with Crippen molar-refractivity contribution >= 4 is 18.4 Å². The van der Waals surface area contributed by atoms with Crippen LogP contribution >= 0.6 is 12.2 Å². The van der Waals surface area contributed by atoms with Crippen LogP contribution in [-0.4, -0.2) is 26.2 Å². The van der Waals surface area contributed by atoms with Gasteiger partial charge in [-0.3, -0.25) is 0 Å². The Labute approximate surface area is 119 Å². The van der Waals surface area contributed by atoms with Crippen molar-refractivity contribution in [2.45, 2.75) is 0 Å². The summed E-state index contributed by atoms with van der Waals surface area (Å²) < 4.78 is 7.09. The fourth-order valence-electron chi connectivity index (χ4n) is 1.69. The SMILES string of the molecule is Oc1cccc(C=Nn2c(-c3ccco3)n[nH]c2=S)c1. The molecule has 0 saturated heterocycles. The molecule has 2 N–H and O–H groups in total. The lowest BCUT2D eigenvalue weighted by Gasteiger charge is -1.98. The van der Waals surface area contributed by atoms with Crippen LogP contribution in [-0.2, 0) is 0 Å². The van der Waals surface area contributed by atoms with Crippen LogP contribution in [0.4, 0.5) is 0 Å². The van der Waals surface area contributed by atoms with Gasteiger partial charge in [-0.05, 0) is 42.0 Å². The molecule has 0 bridgehead atoms. The van der Waals surface area contributed by atoms with Gasteiger partial charge in [-0.15, -0.1) is 5.10 Å². The van der Waals surface area contributed by atoms with Crippen molar-refractivity contribution in [2.24, 2.45) is 5.10 Å². The summed E-state index contributed by atoms with van der Waals surface area (Å²) in [6, 6.07) is 10.3. The molecule has 3 rings (SSSR count). The Morgan fingerprint density at radius 2 is 2.25 bits per heavy atom. The number of phenolic OH excluding ortho intramolecular Hbond substituents is 1. The van der Waals surface area contributed by atoms with Gasteiger partial charge in [0.05, 0.1) is 12.5 Å². The molecule has 0 radical (unpaired) electrons. The first-order valence-electron chi connectivity index (χ1n) is 5.79. The number of benzene rings is 1. The van der Waals surface area contributed by atoms with Crippen molar-refractivity contribution in [1.82, 2.24) is 14.9 Å². The van der Waals surface area contributed by atoms with E-state index in [0.717, 1.165) is 5.56 Å². The van der Waals surface area contributed by atoms with Crippen molar-refractivity contribution in [3.8, 4) is 17.3 Å². The van der Waals surface area contributed by atoms with E-state index in [2.05, 4.69) is 15.3 Å². The summed E-state index contributed by atoms with van der Waals surface area (Å²) in [5.74, 6) is 1.22. The largest absolute Gasteiger partial charge is 0.508 e. The number of nitrogens with one attached hydrogen (secondary N) is 1. The van der Waals surface area contributed by atoms with E-state index in [9.17, 15) is 5.11 Å². The summed E-state index contributed by atoms with van der Waals surface area (Å²) in [6.07, 6.45) is 3.13. The van der Waals surface area contributed by atoms with Gasteiger partial charge in [0.1, 0.15) is 5.75 Å². The van der Waals surface area contributed by atoms with E-state index in [1.165, 1.54) is 4.68 Å². The van der Waals surface area contributed by atoms with Crippen LogP contribution in [0.3, 0.4) is 0 Å². The molecule has 0 unspecified atom stereocenters. The Bertz CT molecular complexity index is 802. The van der Waals surface area contributed by atoms with Crippen LogP contribution in [0, 0.1) is 4.77 Å². The smallest absolute Gasteiger partial charge is 0.219 e. The van der Waals surface area contributed by atoms with E-state index >= 15 is 0 Å². The molecule has 20 heavy (non-hydrogen) atoms. The summed E-state index contributed by atoms with van der Waals surface area (Å²) >= 11 is 5.13. The minimum atomic E-state index is 0.177. The van der Waals surface area contributed by atoms with Crippen LogP contribution in [0.1, 0.15) is 5.56 Å². The third-order valence-electron chi connectivity index (χ3n) is 2.58. The summed E-state index contributed by atoms with van der Waals surface area (Å²) in [6.45, 7) is 0. The first kappa shape index (κ1) is 12.4.